The molecule has 0 radical (unpaired) electrons. The van der Waals surface area contributed by atoms with Gasteiger partial charge >= 0.3 is 0 Å². The van der Waals surface area contributed by atoms with Crippen molar-refractivity contribution in [1.82, 2.24) is 9.59 Å². The van der Waals surface area contributed by atoms with Gasteiger partial charge < -0.3 is 10.1 Å². The number of nitrogens with zero attached hydrogens (tertiary/aromatic N) is 2. The maximum Gasteiger partial charge on any atom is 0.130 e. The van der Waals surface area contributed by atoms with E-state index in [0.29, 0.717) is 6.54 Å². The molecule has 16 heavy (non-hydrogen) atoms. The van der Waals surface area contributed by atoms with Gasteiger partial charge in [0, 0.05) is 28.1 Å². The Balaban J connectivity index is 2.11. The maximum absolute atomic E-state index is 5.28. The molecule has 4 nitrogen and oxygen atoms in total. The van der Waals surface area contributed by atoms with E-state index in [1.165, 1.54) is 11.5 Å². The number of ether oxygens (including phenoxy) is 1. The smallest absolute Gasteiger partial charge is 0.130 e. The van der Waals surface area contributed by atoms with Gasteiger partial charge in [-0.25, -0.2) is 0 Å². The fourth-order valence-electron chi connectivity index (χ4n) is 1.31. The van der Waals surface area contributed by atoms with E-state index in [2.05, 4.69) is 30.8 Å². The van der Waals surface area contributed by atoms with Crippen LogP contribution in [0.5, 0.6) is 5.75 Å². The average molecular weight is 300 g/mol. The molecular formula is C10H10BrN3OS. The van der Waals surface area contributed by atoms with Crippen LogP contribution in [0, 0.1) is 0 Å². The van der Waals surface area contributed by atoms with Crippen LogP contribution in [0.4, 0.5) is 5.00 Å². The first-order valence-electron chi connectivity index (χ1n) is 4.63. The highest BCUT2D eigenvalue weighted by atomic mass is 79.9. The molecule has 1 heterocycles. The summed E-state index contributed by atoms with van der Waals surface area (Å²) in [5, 5.41) is 7.94. The molecule has 0 spiro atoms. The Morgan fingerprint density at radius 2 is 2.38 bits per heavy atom. The lowest BCUT2D eigenvalue weighted by Crippen LogP contribution is -2.00. The summed E-state index contributed by atoms with van der Waals surface area (Å²) in [5.74, 6) is 0.869. The summed E-state index contributed by atoms with van der Waals surface area (Å²) in [6, 6.07) is 5.92. The minimum absolute atomic E-state index is 0.687. The molecule has 1 aromatic carbocycles. The summed E-state index contributed by atoms with van der Waals surface area (Å²) < 4.78 is 10.1. The number of halogens is 1. The van der Waals surface area contributed by atoms with Crippen molar-refractivity contribution in [3.8, 4) is 5.75 Å². The van der Waals surface area contributed by atoms with E-state index in [9.17, 15) is 0 Å². The number of aromatic nitrogens is 2. The van der Waals surface area contributed by atoms with E-state index in [-0.39, 0.29) is 0 Å². The first-order chi connectivity index (χ1) is 7.79. The first kappa shape index (κ1) is 11.3. The summed E-state index contributed by atoms with van der Waals surface area (Å²) >= 11 is 4.77. The van der Waals surface area contributed by atoms with Crippen LogP contribution in [0.15, 0.2) is 28.9 Å². The highest BCUT2D eigenvalue weighted by molar-refractivity contribution is 9.10. The van der Waals surface area contributed by atoms with Crippen LogP contribution in [-0.2, 0) is 6.54 Å². The predicted molar refractivity (Wildman–Crippen MR) is 67.9 cm³/mol. The van der Waals surface area contributed by atoms with E-state index in [0.717, 1.165) is 20.8 Å². The fourth-order valence-corrected chi connectivity index (χ4v) is 2.13. The highest BCUT2D eigenvalue weighted by Crippen LogP contribution is 2.24. The predicted octanol–water partition coefficient (Wildman–Crippen LogP) is 2.92. The number of hydrogen-bond donors (Lipinski definition) is 1. The fraction of sp³-hybridized carbons (Fsp3) is 0.200. The molecule has 0 amide bonds. The SMILES string of the molecule is COc1ccc(Br)cc1CNc1cnns1. The van der Waals surface area contributed by atoms with Crippen molar-refractivity contribution in [1.29, 1.82) is 0 Å². The van der Waals surface area contributed by atoms with Gasteiger partial charge in [0.15, 0.2) is 0 Å². The van der Waals surface area contributed by atoms with Crippen LogP contribution in [-0.4, -0.2) is 16.7 Å². The van der Waals surface area contributed by atoms with Crippen LogP contribution < -0.4 is 10.1 Å². The molecule has 0 aliphatic carbocycles. The molecule has 0 saturated carbocycles. The average Bonchev–Trinajstić information content (AvgIpc) is 2.79. The molecule has 0 aliphatic heterocycles. The van der Waals surface area contributed by atoms with Gasteiger partial charge in [-0.15, -0.1) is 5.10 Å². The maximum atomic E-state index is 5.28. The lowest BCUT2D eigenvalue weighted by molar-refractivity contribution is 0.410. The molecule has 0 fully saturated rings. The Morgan fingerprint density at radius 1 is 1.50 bits per heavy atom. The molecule has 2 rings (SSSR count). The minimum atomic E-state index is 0.687. The Bertz CT molecular complexity index is 461. The van der Waals surface area contributed by atoms with Crippen molar-refractivity contribution in [2.24, 2.45) is 0 Å². The third-order valence-electron chi connectivity index (χ3n) is 2.06. The molecule has 6 heteroatoms. The van der Waals surface area contributed by atoms with Crippen LogP contribution in [0.1, 0.15) is 5.56 Å². The molecule has 0 aliphatic rings. The summed E-state index contributed by atoms with van der Waals surface area (Å²) in [7, 11) is 1.67. The summed E-state index contributed by atoms with van der Waals surface area (Å²) in [6.07, 6.45) is 1.70. The van der Waals surface area contributed by atoms with Crippen LogP contribution in [0.2, 0.25) is 0 Å². The topological polar surface area (TPSA) is 47.0 Å². The molecule has 84 valence electrons. The zero-order valence-electron chi connectivity index (χ0n) is 8.61. The van der Waals surface area contributed by atoms with E-state index in [1.54, 1.807) is 13.3 Å². The molecule has 0 unspecified atom stereocenters. The number of nitrogens with one attached hydrogen (secondary N) is 1. The van der Waals surface area contributed by atoms with E-state index in [1.807, 2.05) is 18.2 Å². The van der Waals surface area contributed by atoms with Crippen LogP contribution in [0.3, 0.4) is 0 Å². The first-order valence-corrected chi connectivity index (χ1v) is 6.20. The van der Waals surface area contributed by atoms with Gasteiger partial charge in [-0.05, 0) is 18.2 Å². The Labute approximate surface area is 106 Å². The second-order valence-electron chi connectivity index (χ2n) is 3.09. The zero-order chi connectivity index (χ0) is 11.4. The molecular weight excluding hydrogens is 290 g/mol. The van der Waals surface area contributed by atoms with Crippen molar-refractivity contribution < 1.29 is 4.74 Å². The molecule has 0 bridgehead atoms. The summed E-state index contributed by atoms with van der Waals surface area (Å²) in [5.41, 5.74) is 1.09. The largest absolute Gasteiger partial charge is 0.496 e. The van der Waals surface area contributed by atoms with Gasteiger partial charge in [-0.2, -0.15) is 0 Å². The Hall–Kier alpha value is -1.14. The molecule has 1 N–H and O–H groups in total. The van der Waals surface area contributed by atoms with Gasteiger partial charge in [0.2, 0.25) is 0 Å². The molecule has 0 atom stereocenters. The number of hydrogen-bond acceptors (Lipinski definition) is 5. The lowest BCUT2D eigenvalue weighted by atomic mass is 10.2. The van der Waals surface area contributed by atoms with Crippen molar-refractivity contribution >= 4 is 32.5 Å². The van der Waals surface area contributed by atoms with E-state index >= 15 is 0 Å². The molecule has 2 aromatic rings. The standard InChI is InChI=1S/C10H10BrN3OS/c1-15-9-3-2-8(11)4-7(9)5-12-10-6-13-14-16-10/h2-4,6,12H,5H2,1H3. The number of methoxy groups -OCH3 is 1. The second kappa shape index (κ2) is 5.27. The number of rotatable bonds is 4. The third-order valence-corrected chi connectivity index (χ3v) is 3.17. The van der Waals surface area contributed by atoms with Crippen LogP contribution in [0.25, 0.3) is 0 Å². The monoisotopic (exact) mass is 299 g/mol. The van der Waals surface area contributed by atoms with E-state index < -0.39 is 0 Å². The van der Waals surface area contributed by atoms with Crippen molar-refractivity contribution in [2.75, 3.05) is 12.4 Å². The third kappa shape index (κ3) is 2.70. The Morgan fingerprint density at radius 3 is 3.06 bits per heavy atom. The van der Waals surface area contributed by atoms with Gasteiger partial charge in [-0.3, -0.25) is 0 Å². The van der Waals surface area contributed by atoms with Gasteiger partial charge in [0.1, 0.15) is 10.8 Å². The van der Waals surface area contributed by atoms with Crippen molar-refractivity contribution in [3.63, 3.8) is 0 Å². The quantitative estimate of drug-likeness (QED) is 0.943. The number of anilines is 1. The normalized spacial score (nSPS) is 10.1. The summed E-state index contributed by atoms with van der Waals surface area (Å²) in [4.78, 5) is 0. The highest BCUT2D eigenvalue weighted by Gasteiger charge is 2.04. The molecule has 1 aromatic heterocycles. The second-order valence-corrected chi connectivity index (χ2v) is 4.79. The van der Waals surface area contributed by atoms with Crippen LogP contribution >= 0.6 is 27.5 Å². The zero-order valence-corrected chi connectivity index (χ0v) is 11.0. The van der Waals surface area contributed by atoms with E-state index in [4.69, 9.17) is 4.74 Å². The van der Waals surface area contributed by atoms with Gasteiger partial charge in [-0.1, -0.05) is 20.4 Å². The molecule has 0 saturated heterocycles. The Kier molecular flexibility index (Phi) is 3.74. The van der Waals surface area contributed by atoms with Gasteiger partial charge in [0.05, 0.1) is 13.3 Å². The lowest BCUT2D eigenvalue weighted by Gasteiger charge is -2.09. The number of benzene rings is 1. The van der Waals surface area contributed by atoms with Crippen molar-refractivity contribution in [2.45, 2.75) is 6.54 Å². The summed E-state index contributed by atoms with van der Waals surface area (Å²) in [6.45, 7) is 0.687. The minimum Gasteiger partial charge on any atom is -0.496 e. The van der Waals surface area contributed by atoms with Gasteiger partial charge in [0.25, 0.3) is 0 Å². The van der Waals surface area contributed by atoms with Crippen molar-refractivity contribution in [3.05, 3.63) is 34.4 Å².